The normalized spacial score (nSPS) is 14.5. The Hall–Kier alpha value is -3.29. The highest BCUT2D eigenvalue weighted by Gasteiger charge is 2.24. The molecule has 2 atom stereocenters. The van der Waals surface area contributed by atoms with Gasteiger partial charge in [-0.1, -0.05) is 149 Å². The van der Waals surface area contributed by atoms with Gasteiger partial charge in [0.15, 0.2) is 6.10 Å². The van der Waals surface area contributed by atoms with Gasteiger partial charge in [0.25, 0.3) is 0 Å². The summed E-state index contributed by atoms with van der Waals surface area (Å²) in [6.07, 6.45) is 55.7. The maximum absolute atomic E-state index is 12.5. The Morgan fingerprint density at radius 3 is 1.35 bits per heavy atom. The van der Waals surface area contributed by atoms with Crippen molar-refractivity contribution < 1.29 is 37.6 Å². The molecule has 0 amide bonds. The summed E-state index contributed by atoms with van der Waals surface area (Å²) in [4.78, 5) is 34.4. The lowest BCUT2D eigenvalue weighted by Gasteiger charge is -2.19. The summed E-state index contributed by atoms with van der Waals surface area (Å²) in [5, 5.41) is 0. The predicted octanol–water partition coefficient (Wildman–Crippen LogP) is 13.1. The van der Waals surface area contributed by atoms with Crippen LogP contribution in [0.5, 0.6) is 0 Å². The zero-order chi connectivity index (χ0) is 40.3. The van der Waals surface area contributed by atoms with Crippen LogP contribution < -0.4 is 0 Å². The summed E-state index contributed by atoms with van der Waals surface area (Å²) >= 11 is 0. The summed E-state index contributed by atoms with van der Waals surface area (Å²) in [7, 11) is -3.24. The van der Waals surface area contributed by atoms with Gasteiger partial charge in [0.2, 0.25) is 0 Å². The molecular weight excluding hydrogens is 711 g/mol. The fourth-order valence-corrected chi connectivity index (χ4v) is 5.38. The van der Waals surface area contributed by atoms with Gasteiger partial charge in [-0.25, -0.2) is 4.57 Å². The van der Waals surface area contributed by atoms with Crippen molar-refractivity contribution in [1.29, 1.82) is 0 Å². The van der Waals surface area contributed by atoms with Crippen molar-refractivity contribution in [1.82, 2.24) is 0 Å². The van der Waals surface area contributed by atoms with Gasteiger partial charge >= 0.3 is 19.8 Å². The molecule has 0 aromatic carbocycles. The van der Waals surface area contributed by atoms with E-state index in [0.29, 0.717) is 19.3 Å². The second-order valence-electron chi connectivity index (χ2n) is 13.0. The highest BCUT2D eigenvalue weighted by molar-refractivity contribution is 7.47. The third kappa shape index (κ3) is 40.2. The molecule has 0 aromatic rings. The fourth-order valence-electron chi connectivity index (χ4n) is 4.92. The monoisotopic (exact) mass is 785 g/mol. The van der Waals surface area contributed by atoms with E-state index in [-0.39, 0.29) is 19.4 Å². The highest BCUT2D eigenvalue weighted by Crippen LogP contribution is 2.42. The van der Waals surface area contributed by atoms with Crippen LogP contribution in [0.3, 0.4) is 0 Å². The molecule has 0 aliphatic heterocycles. The Labute approximate surface area is 334 Å². The van der Waals surface area contributed by atoms with E-state index in [9.17, 15) is 19.0 Å². The van der Waals surface area contributed by atoms with Crippen molar-refractivity contribution in [3.8, 4) is 0 Å². The molecule has 2 unspecified atom stereocenters. The first-order valence-corrected chi connectivity index (χ1v) is 22.1. The SMILES string of the molecule is CC/C=C\C/C=C\C/C=C\C/C=C\C/C=C\CCCC(=O)OC(COC(=O)CCCCCCCC/C=C\C/C=C\C/C=C\C/C=C\CC)COP(=O)(O)OC. The number of allylic oxidation sites excluding steroid dienone is 18. The van der Waals surface area contributed by atoms with Crippen molar-refractivity contribution in [2.24, 2.45) is 0 Å². The van der Waals surface area contributed by atoms with Crippen LogP contribution in [-0.2, 0) is 32.7 Å². The minimum Gasteiger partial charge on any atom is -0.462 e. The standard InChI is InChI=1S/C46H73O8P/c1-4-6-8-10-12-14-16-18-20-22-23-25-26-28-30-32-34-36-38-40-45(47)52-42-44(43-53-55(49,50)51-3)54-46(48)41-39-37-35-33-31-29-27-24-21-19-17-15-13-11-9-7-5-2/h6-9,12-15,18-21,23,25,27,29,33,35,44H,4-5,10-11,16-17,22,24,26,28,30-32,34,36-43H2,1-3H3,(H,49,50)/b8-6-,9-7-,14-12-,15-13-,20-18-,21-19-,25-23-,29-27-,35-33-. The molecule has 0 saturated heterocycles. The molecule has 0 saturated carbocycles. The van der Waals surface area contributed by atoms with E-state index in [4.69, 9.17) is 14.0 Å². The molecule has 0 aromatic heterocycles. The van der Waals surface area contributed by atoms with E-state index < -0.39 is 32.5 Å². The fraction of sp³-hybridized carbons (Fsp3) is 0.565. The van der Waals surface area contributed by atoms with Crippen LogP contribution in [0.4, 0.5) is 0 Å². The quantitative estimate of drug-likeness (QED) is 0.0289. The summed E-state index contributed by atoms with van der Waals surface area (Å²) in [6.45, 7) is 3.58. The van der Waals surface area contributed by atoms with Gasteiger partial charge < -0.3 is 14.4 Å². The maximum Gasteiger partial charge on any atom is 0.472 e. The van der Waals surface area contributed by atoms with Crippen LogP contribution in [0.15, 0.2) is 109 Å². The Morgan fingerprint density at radius 1 is 0.509 bits per heavy atom. The lowest BCUT2D eigenvalue weighted by Crippen LogP contribution is -2.29. The van der Waals surface area contributed by atoms with Crippen molar-refractivity contribution in [3.63, 3.8) is 0 Å². The molecule has 0 aliphatic rings. The predicted molar refractivity (Wildman–Crippen MR) is 230 cm³/mol. The second kappa shape index (κ2) is 40.4. The van der Waals surface area contributed by atoms with Crippen molar-refractivity contribution in [3.05, 3.63) is 109 Å². The number of carbonyl (C=O) groups excluding carboxylic acids is 2. The third-order valence-corrected chi connectivity index (χ3v) is 8.95. The topological polar surface area (TPSA) is 108 Å². The van der Waals surface area contributed by atoms with Crippen molar-refractivity contribution in [2.45, 2.75) is 148 Å². The maximum atomic E-state index is 12.5. The molecule has 1 N–H and O–H groups in total. The highest BCUT2D eigenvalue weighted by atomic mass is 31.2. The van der Waals surface area contributed by atoms with E-state index in [0.717, 1.165) is 103 Å². The molecule has 0 rings (SSSR count). The summed E-state index contributed by atoms with van der Waals surface area (Å²) < 4.78 is 31.9. The number of phosphoric ester groups is 1. The first-order chi connectivity index (χ1) is 26.8. The first-order valence-electron chi connectivity index (χ1n) is 20.6. The molecule has 0 fully saturated rings. The lowest BCUT2D eigenvalue weighted by molar-refractivity contribution is -0.161. The Kier molecular flexibility index (Phi) is 38.0. The molecule has 8 nitrogen and oxygen atoms in total. The van der Waals surface area contributed by atoms with E-state index in [1.165, 1.54) is 0 Å². The number of hydrogen-bond acceptors (Lipinski definition) is 7. The van der Waals surface area contributed by atoms with E-state index in [1.807, 2.05) is 6.08 Å². The van der Waals surface area contributed by atoms with Gasteiger partial charge in [-0.2, -0.15) is 0 Å². The zero-order valence-electron chi connectivity index (χ0n) is 34.3. The minimum absolute atomic E-state index is 0.156. The molecular formula is C46H73O8P. The number of rotatable bonds is 36. The summed E-state index contributed by atoms with van der Waals surface area (Å²) in [5.41, 5.74) is 0. The Morgan fingerprint density at radius 2 is 0.891 bits per heavy atom. The average molecular weight is 785 g/mol. The second-order valence-corrected chi connectivity index (χ2v) is 14.6. The molecule has 55 heavy (non-hydrogen) atoms. The van der Waals surface area contributed by atoms with Crippen LogP contribution in [0, 0.1) is 0 Å². The first kappa shape index (κ1) is 51.7. The van der Waals surface area contributed by atoms with Crippen LogP contribution in [0.2, 0.25) is 0 Å². The zero-order valence-corrected chi connectivity index (χ0v) is 35.2. The average Bonchev–Trinajstić information content (AvgIpc) is 3.18. The molecule has 9 heteroatoms. The molecule has 0 radical (unpaired) electrons. The van der Waals surface area contributed by atoms with E-state index in [1.54, 1.807) is 0 Å². The number of phosphoric acid groups is 1. The van der Waals surface area contributed by atoms with Crippen LogP contribution in [-0.4, -0.2) is 43.3 Å². The summed E-state index contributed by atoms with van der Waals surface area (Å²) in [6, 6.07) is 0. The van der Waals surface area contributed by atoms with Crippen LogP contribution in [0.1, 0.15) is 142 Å². The van der Waals surface area contributed by atoms with E-state index in [2.05, 4.69) is 122 Å². The number of unbranched alkanes of at least 4 members (excludes halogenated alkanes) is 7. The Balaban J connectivity index is 4.17. The minimum atomic E-state index is -4.29. The van der Waals surface area contributed by atoms with Gasteiger partial charge in [0.1, 0.15) is 6.61 Å². The van der Waals surface area contributed by atoms with Gasteiger partial charge in [-0.15, -0.1) is 0 Å². The molecule has 0 aliphatic carbocycles. The number of ether oxygens (including phenoxy) is 2. The number of esters is 2. The van der Waals surface area contributed by atoms with Gasteiger partial charge in [-0.05, 0) is 89.9 Å². The molecule has 310 valence electrons. The van der Waals surface area contributed by atoms with Gasteiger partial charge in [0.05, 0.1) is 6.61 Å². The van der Waals surface area contributed by atoms with Gasteiger partial charge in [-0.3, -0.25) is 18.6 Å². The smallest absolute Gasteiger partial charge is 0.462 e. The van der Waals surface area contributed by atoms with Crippen molar-refractivity contribution in [2.75, 3.05) is 20.3 Å². The lowest BCUT2D eigenvalue weighted by atomic mass is 10.1. The van der Waals surface area contributed by atoms with Gasteiger partial charge in [0, 0.05) is 20.0 Å². The largest absolute Gasteiger partial charge is 0.472 e. The van der Waals surface area contributed by atoms with Crippen molar-refractivity contribution >= 4 is 19.8 Å². The molecule has 0 spiro atoms. The number of hydrogen-bond donors (Lipinski definition) is 1. The van der Waals surface area contributed by atoms with E-state index >= 15 is 0 Å². The molecule has 0 bridgehead atoms. The third-order valence-electron chi connectivity index (χ3n) is 8.01. The summed E-state index contributed by atoms with van der Waals surface area (Å²) in [5.74, 6) is -0.901. The van der Waals surface area contributed by atoms with Crippen LogP contribution >= 0.6 is 7.82 Å². The number of carbonyl (C=O) groups is 2. The Bertz CT molecular complexity index is 1250. The van der Waals surface area contributed by atoms with Crippen LogP contribution in [0.25, 0.3) is 0 Å². The molecule has 0 heterocycles.